The van der Waals surface area contributed by atoms with Crippen molar-refractivity contribution in [3.8, 4) is 0 Å². The first-order valence-corrected chi connectivity index (χ1v) is 7.54. The Labute approximate surface area is 137 Å². The maximum Gasteiger partial charge on any atom is 0.254 e. The smallest absolute Gasteiger partial charge is 0.254 e. The molecule has 1 atom stereocenters. The van der Waals surface area contributed by atoms with E-state index in [-0.39, 0.29) is 17.1 Å². The molecule has 4 nitrogen and oxygen atoms in total. The minimum absolute atomic E-state index is 0.136. The van der Waals surface area contributed by atoms with Gasteiger partial charge < -0.3 is 10.2 Å². The summed E-state index contributed by atoms with van der Waals surface area (Å²) in [6.07, 6.45) is 2.17. The molecule has 1 fully saturated rings. The van der Waals surface area contributed by atoms with Gasteiger partial charge >= 0.3 is 0 Å². The molecular formula is C16H14ClF2N3O. The Morgan fingerprint density at radius 2 is 2.17 bits per heavy atom. The van der Waals surface area contributed by atoms with E-state index in [1.807, 2.05) is 0 Å². The number of aromatic nitrogens is 1. The summed E-state index contributed by atoms with van der Waals surface area (Å²) >= 11 is 5.90. The van der Waals surface area contributed by atoms with Crippen LogP contribution in [0.2, 0.25) is 5.15 Å². The number of hydrogen-bond donors (Lipinski definition) is 1. The molecule has 2 heterocycles. The van der Waals surface area contributed by atoms with E-state index in [0.717, 1.165) is 6.07 Å². The highest BCUT2D eigenvalue weighted by molar-refractivity contribution is 6.32. The molecule has 1 aliphatic rings. The summed E-state index contributed by atoms with van der Waals surface area (Å²) < 4.78 is 26.8. The third kappa shape index (κ3) is 3.42. The summed E-state index contributed by atoms with van der Waals surface area (Å²) in [4.78, 5) is 17.8. The average molecular weight is 338 g/mol. The van der Waals surface area contributed by atoms with Crippen LogP contribution in [0.5, 0.6) is 0 Å². The highest BCUT2D eigenvalue weighted by Crippen LogP contribution is 2.24. The second kappa shape index (κ2) is 6.50. The van der Waals surface area contributed by atoms with E-state index in [9.17, 15) is 13.6 Å². The minimum Gasteiger partial charge on any atom is -0.367 e. The van der Waals surface area contributed by atoms with Crippen LogP contribution in [-0.4, -0.2) is 30.0 Å². The summed E-state index contributed by atoms with van der Waals surface area (Å²) in [7, 11) is 0. The van der Waals surface area contributed by atoms with Crippen molar-refractivity contribution < 1.29 is 13.6 Å². The summed E-state index contributed by atoms with van der Waals surface area (Å²) in [6.45, 7) is 1.03. The third-order valence-electron chi connectivity index (χ3n) is 3.78. The average Bonchev–Trinajstić information content (AvgIpc) is 2.95. The van der Waals surface area contributed by atoms with Gasteiger partial charge in [-0.15, -0.1) is 0 Å². The topological polar surface area (TPSA) is 45.2 Å². The number of rotatable bonds is 3. The van der Waals surface area contributed by atoms with Crippen LogP contribution in [0, 0.1) is 11.6 Å². The predicted molar refractivity (Wildman–Crippen MR) is 83.7 cm³/mol. The van der Waals surface area contributed by atoms with E-state index < -0.39 is 11.6 Å². The van der Waals surface area contributed by atoms with Gasteiger partial charge in [0.05, 0.1) is 11.3 Å². The molecule has 23 heavy (non-hydrogen) atoms. The van der Waals surface area contributed by atoms with Crippen LogP contribution in [0.1, 0.15) is 16.8 Å². The molecule has 120 valence electrons. The van der Waals surface area contributed by atoms with Gasteiger partial charge in [0.2, 0.25) is 0 Å². The fourth-order valence-electron chi connectivity index (χ4n) is 2.65. The van der Waals surface area contributed by atoms with Crippen LogP contribution in [0.4, 0.5) is 14.5 Å². The Bertz CT molecular complexity index is 741. The monoisotopic (exact) mass is 337 g/mol. The van der Waals surface area contributed by atoms with Crippen molar-refractivity contribution in [2.45, 2.75) is 12.5 Å². The van der Waals surface area contributed by atoms with Crippen LogP contribution in [-0.2, 0) is 0 Å². The Hall–Kier alpha value is -2.21. The third-order valence-corrected chi connectivity index (χ3v) is 4.08. The van der Waals surface area contributed by atoms with Crippen LogP contribution >= 0.6 is 11.6 Å². The van der Waals surface area contributed by atoms with Gasteiger partial charge in [-0.25, -0.2) is 13.8 Å². The van der Waals surface area contributed by atoms with Gasteiger partial charge in [0.25, 0.3) is 5.91 Å². The number of hydrogen-bond acceptors (Lipinski definition) is 3. The summed E-state index contributed by atoms with van der Waals surface area (Å²) in [5.74, 6) is -1.52. The molecule has 0 radical (unpaired) electrons. The van der Waals surface area contributed by atoms with Crippen LogP contribution < -0.4 is 10.2 Å². The van der Waals surface area contributed by atoms with Crippen molar-refractivity contribution in [1.29, 1.82) is 0 Å². The van der Waals surface area contributed by atoms with E-state index >= 15 is 0 Å². The first-order valence-electron chi connectivity index (χ1n) is 7.16. The molecule has 0 bridgehead atoms. The highest BCUT2D eigenvalue weighted by atomic mass is 35.5. The van der Waals surface area contributed by atoms with Gasteiger partial charge in [0.1, 0.15) is 16.8 Å². The quantitative estimate of drug-likeness (QED) is 0.876. The Morgan fingerprint density at radius 3 is 2.91 bits per heavy atom. The molecule has 2 aromatic rings. The molecule has 0 aliphatic carbocycles. The molecule has 0 unspecified atom stereocenters. The van der Waals surface area contributed by atoms with E-state index in [0.29, 0.717) is 30.8 Å². The molecule has 1 saturated heterocycles. The molecule has 1 aliphatic heterocycles. The minimum atomic E-state index is -0.610. The number of nitrogens with zero attached hydrogens (tertiary/aromatic N) is 2. The molecule has 0 saturated carbocycles. The second-order valence-corrected chi connectivity index (χ2v) is 5.70. The number of anilines is 1. The molecule has 1 N–H and O–H groups in total. The molecule has 7 heteroatoms. The molecule has 1 aromatic carbocycles. The lowest BCUT2D eigenvalue weighted by molar-refractivity contribution is 0.0940. The molecule has 3 rings (SSSR count). The van der Waals surface area contributed by atoms with E-state index in [1.165, 1.54) is 18.3 Å². The van der Waals surface area contributed by atoms with Crippen molar-refractivity contribution in [3.05, 3.63) is 58.9 Å². The zero-order chi connectivity index (χ0) is 16.4. The highest BCUT2D eigenvalue weighted by Gasteiger charge is 2.26. The largest absolute Gasteiger partial charge is 0.367 e. The number of nitrogens with one attached hydrogen (secondary N) is 1. The van der Waals surface area contributed by atoms with Gasteiger partial charge in [-0.2, -0.15) is 0 Å². The van der Waals surface area contributed by atoms with Crippen molar-refractivity contribution in [2.24, 2.45) is 0 Å². The summed E-state index contributed by atoms with van der Waals surface area (Å²) in [5, 5.41) is 3.01. The van der Waals surface area contributed by atoms with Gasteiger partial charge in [-0.1, -0.05) is 11.6 Å². The lowest BCUT2D eigenvalue weighted by Gasteiger charge is -2.19. The van der Waals surface area contributed by atoms with Crippen molar-refractivity contribution in [2.75, 3.05) is 18.0 Å². The number of pyridine rings is 1. The number of carbonyl (C=O) groups excluding carboxylic acids is 1. The van der Waals surface area contributed by atoms with Crippen LogP contribution in [0.15, 0.2) is 36.5 Å². The lowest BCUT2D eigenvalue weighted by Crippen LogP contribution is -2.37. The van der Waals surface area contributed by atoms with Gasteiger partial charge in [0.15, 0.2) is 0 Å². The number of amides is 1. The number of carbonyl (C=O) groups is 1. The van der Waals surface area contributed by atoms with E-state index in [4.69, 9.17) is 11.6 Å². The maximum absolute atomic E-state index is 13.8. The van der Waals surface area contributed by atoms with Crippen molar-refractivity contribution in [1.82, 2.24) is 10.3 Å². The van der Waals surface area contributed by atoms with Crippen LogP contribution in [0.3, 0.4) is 0 Å². The molecular weight excluding hydrogens is 324 g/mol. The first kappa shape index (κ1) is 15.7. The SMILES string of the molecule is O=C(N[C@@H]1CCN(c2ccc(F)cc2F)C1)c1cccnc1Cl. The van der Waals surface area contributed by atoms with E-state index in [2.05, 4.69) is 10.3 Å². The summed E-state index contributed by atoms with van der Waals surface area (Å²) in [6, 6.07) is 6.58. The Morgan fingerprint density at radius 1 is 1.35 bits per heavy atom. The molecule has 1 aromatic heterocycles. The number of halogens is 3. The van der Waals surface area contributed by atoms with Gasteiger partial charge in [-0.05, 0) is 30.7 Å². The molecule has 0 spiro atoms. The zero-order valence-electron chi connectivity index (χ0n) is 12.1. The predicted octanol–water partition coefficient (Wildman–Crippen LogP) is 3.02. The van der Waals surface area contributed by atoms with E-state index in [1.54, 1.807) is 17.0 Å². The number of benzene rings is 1. The van der Waals surface area contributed by atoms with Crippen molar-refractivity contribution in [3.63, 3.8) is 0 Å². The van der Waals surface area contributed by atoms with Gasteiger partial charge in [0, 0.05) is 31.4 Å². The first-order chi connectivity index (χ1) is 11.0. The summed E-state index contributed by atoms with van der Waals surface area (Å²) in [5.41, 5.74) is 0.642. The fraction of sp³-hybridized carbons (Fsp3) is 0.250. The standard InChI is InChI=1S/C16H14ClF2N3O/c17-15-12(2-1-6-20-15)16(23)21-11-5-7-22(9-11)14-4-3-10(18)8-13(14)19/h1-4,6,8,11H,5,7,9H2,(H,21,23)/t11-/m1/s1. The Kier molecular flexibility index (Phi) is 4.43. The fourth-order valence-corrected chi connectivity index (χ4v) is 2.86. The Balaban J connectivity index is 1.66. The molecule has 1 amide bonds. The van der Waals surface area contributed by atoms with Gasteiger partial charge in [-0.3, -0.25) is 4.79 Å². The zero-order valence-corrected chi connectivity index (χ0v) is 12.9. The second-order valence-electron chi connectivity index (χ2n) is 5.34. The lowest BCUT2D eigenvalue weighted by atomic mass is 10.2. The van der Waals surface area contributed by atoms with Crippen LogP contribution in [0.25, 0.3) is 0 Å². The maximum atomic E-state index is 13.8. The van der Waals surface area contributed by atoms with Crippen molar-refractivity contribution >= 4 is 23.2 Å². The normalized spacial score (nSPS) is 17.3.